The van der Waals surface area contributed by atoms with E-state index in [9.17, 15) is 9.59 Å². The van der Waals surface area contributed by atoms with E-state index in [1.54, 1.807) is 6.20 Å². The van der Waals surface area contributed by atoms with Gasteiger partial charge in [0.2, 0.25) is 5.91 Å². The molecule has 1 N–H and O–H groups in total. The van der Waals surface area contributed by atoms with Crippen LogP contribution in [0.15, 0.2) is 79.0 Å². The summed E-state index contributed by atoms with van der Waals surface area (Å²) < 4.78 is 0. The molecule has 1 saturated heterocycles. The molecule has 1 aromatic heterocycles. The molecule has 5 nitrogen and oxygen atoms in total. The maximum Gasteiger partial charge on any atom is 0.253 e. The SMILES string of the molecule is O=C(CC1CCN(C(=O)c2cccc(/C=C/c3ccccn3)c2)CC1)Nc1ccccc1. The van der Waals surface area contributed by atoms with Crippen molar-refractivity contribution in [3.63, 3.8) is 0 Å². The minimum Gasteiger partial charge on any atom is -0.339 e. The Morgan fingerprint density at radius 2 is 1.72 bits per heavy atom. The molecule has 0 unspecified atom stereocenters. The lowest BCUT2D eigenvalue weighted by Crippen LogP contribution is -2.39. The molecule has 1 aliphatic heterocycles. The molecule has 2 aromatic carbocycles. The van der Waals surface area contributed by atoms with Crippen LogP contribution < -0.4 is 5.32 Å². The van der Waals surface area contributed by atoms with Crippen LogP contribution >= 0.6 is 0 Å². The van der Waals surface area contributed by atoms with Crippen LogP contribution in [0.1, 0.15) is 40.9 Å². The number of carbonyl (C=O) groups is 2. The van der Waals surface area contributed by atoms with Crippen molar-refractivity contribution in [1.82, 2.24) is 9.88 Å². The highest BCUT2D eigenvalue weighted by Crippen LogP contribution is 2.23. The van der Waals surface area contributed by atoms with E-state index in [1.165, 1.54) is 0 Å². The molecule has 0 bridgehead atoms. The molecule has 0 spiro atoms. The highest BCUT2D eigenvalue weighted by Gasteiger charge is 2.25. The first-order valence-corrected chi connectivity index (χ1v) is 11.0. The average molecular weight is 426 g/mol. The van der Waals surface area contributed by atoms with Crippen LogP contribution in [-0.2, 0) is 4.79 Å². The summed E-state index contributed by atoms with van der Waals surface area (Å²) in [4.78, 5) is 31.5. The molecular formula is C27H27N3O2. The van der Waals surface area contributed by atoms with Crippen LogP contribution in [0.3, 0.4) is 0 Å². The number of benzene rings is 2. The van der Waals surface area contributed by atoms with Crippen molar-refractivity contribution in [2.24, 2.45) is 5.92 Å². The molecule has 0 aliphatic carbocycles. The summed E-state index contributed by atoms with van der Waals surface area (Å²) in [5.41, 5.74) is 3.35. The summed E-state index contributed by atoms with van der Waals surface area (Å²) in [6, 6.07) is 23.0. The van der Waals surface area contributed by atoms with E-state index in [4.69, 9.17) is 0 Å². The highest BCUT2D eigenvalue weighted by molar-refractivity contribution is 5.95. The van der Waals surface area contributed by atoms with Crippen molar-refractivity contribution in [1.29, 1.82) is 0 Å². The quantitative estimate of drug-likeness (QED) is 0.595. The Hall–Kier alpha value is -3.73. The third-order valence-corrected chi connectivity index (χ3v) is 5.70. The Balaban J connectivity index is 1.29. The Morgan fingerprint density at radius 3 is 2.47 bits per heavy atom. The molecule has 0 atom stereocenters. The van der Waals surface area contributed by atoms with Crippen molar-refractivity contribution in [2.45, 2.75) is 19.3 Å². The summed E-state index contributed by atoms with van der Waals surface area (Å²) in [5.74, 6) is 0.383. The number of hydrogen-bond donors (Lipinski definition) is 1. The molecule has 4 rings (SSSR count). The van der Waals surface area contributed by atoms with E-state index < -0.39 is 0 Å². The Kier molecular flexibility index (Phi) is 7.08. The number of pyridine rings is 1. The van der Waals surface area contributed by atoms with Gasteiger partial charge in [0.25, 0.3) is 5.91 Å². The lowest BCUT2D eigenvalue weighted by Gasteiger charge is -2.32. The van der Waals surface area contributed by atoms with Gasteiger partial charge in [-0.25, -0.2) is 0 Å². The summed E-state index contributed by atoms with van der Waals surface area (Å²) in [5, 5.41) is 2.95. The average Bonchev–Trinajstić information content (AvgIpc) is 2.84. The molecule has 2 amide bonds. The van der Waals surface area contributed by atoms with Gasteiger partial charge in [0, 0.05) is 37.0 Å². The van der Waals surface area contributed by atoms with Crippen LogP contribution in [0.4, 0.5) is 5.69 Å². The molecule has 1 aliphatic rings. The van der Waals surface area contributed by atoms with Crippen LogP contribution in [-0.4, -0.2) is 34.8 Å². The predicted octanol–water partition coefficient (Wildman–Crippen LogP) is 5.13. The van der Waals surface area contributed by atoms with Crippen molar-refractivity contribution >= 4 is 29.7 Å². The number of anilines is 1. The first-order chi connectivity index (χ1) is 15.7. The fraction of sp³-hybridized carbons (Fsp3) is 0.222. The molecule has 0 radical (unpaired) electrons. The van der Waals surface area contributed by atoms with Crippen molar-refractivity contribution < 1.29 is 9.59 Å². The zero-order chi connectivity index (χ0) is 22.2. The van der Waals surface area contributed by atoms with Crippen LogP contribution in [0, 0.1) is 5.92 Å². The summed E-state index contributed by atoms with van der Waals surface area (Å²) >= 11 is 0. The zero-order valence-corrected chi connectivity index (χ0v) is 18.0. The van der Waals surface area contributed by atoms with E-state index in [-0.39, 0.29) is 11.8 Å². The lowest BCUT2D eigenvalue weighted by molar-refractivity contribution is -0.117. The lowest BCUT2D eigenvalue weighted by atomic mass is 9.92. The number of para-hydroxylation sites is 1. The van der Waals surface area contributed by atoms with Gasteiger partial charge in [-0.3, -0.25) is 14.6 Å². The number of hydrogen-bond acceptors (Lipinski definition) is 3. The standard InChI is InChI=1S/C27H27N3O2/c31-26(29-25-10-2-1-3-11-25)20-22-14-17-30(18-15-22)27(32)23-8-6-7-21(19-23)12-13-24-9-4-5-16-28-24/h1-13,16,19,22H,14-15,17-18,20H2,(H,29,31)/b13-12+. The van der Waals surface area contributed by atoms with E-state index in [1.807, 2.05) is 89.8 Å². The largest absolute Gasteiger partial charge is 0.339 e. The van der Waals surface area contributed by atoms with Gasteiger partial charge in [0.1, 0.15) is 0 Å². The Morgan fingerprint density at radius 1 is 0.938 bits per heavy atom. The van der Waals surface area contributed by atoms with Crippen molar-refractivity contribution in [2.75, 3.05) is 18.4 Å². The Labute approximate surface area is 188 Å². The van der Waals surface area contributed by atoms with Crippen molar-refractivity contribution in [3.05, 3.63) is 95.8 Å². The molecule has 32 heavy (non-hydrogen) atoms. The summed E-state index contributed by atoms with van der Waals surface area (Å²) in [6.45, 7) is 1.35. The predicted molar refractivity (Wildman–Crippen MR) is 128 cm³/mol. The number of rotatable bonds is 6. The minimum absolute atomic E-state index is 0.0355. The zero-order valence-electron chi connectivity index (χ0n) is 18.0. The molecule has 0 saturated carbocycles. The highest BCUT2D eigenvalue weighted by atomic mass is 16.2. The van der Waals surface area contributed by atoms with E-state index in [0.717, 1.165) is 29.8 Å². The van der Waals surface area contributed by atoms with Gasteiger partial charge in [0.05, 0.1) is 5.69 Å². The number of carbonyl (C=O) groups excluding carboxylic acids is 2. The first-order valence-electron chi connectivity index (χ1n) is 11.0. The van der Waals surface area contributed by atoms with Gasteiger partial charge in [-0.1, -0.05) is 42.5 Å². The smallest absolute Gasteiger partial charge is 0.253 e. The van der Waals surface area contributed by atoms with Gasteiger partial charge < -0.3 is 10.2 Å². The number of piperidine rings is 1. The fourth-order valence-corrected chi connectivity index (χ4v) is 3.95. The molecule has 1 fully saturated rings. The maximum absolute atomic E-state index is 13.0. The number of nitrogens with one attached hydrogen (secondary N) is 1. The number of aromatic nitrogens is 1. The number of likely N-dealkylation sites (tertiary alicyclic amines) is 1. The van der Waals surface area contributed by atoms with Crippen LogP contribution in [0.2, 0.25) is 0 Å². The topological polar surface area (TPSA) is 62.3 Å². The normalized spacial score (nSPS) is 14.4. The molecule has 3 aromatic rings. The molecule has 162 valence electrons. The second-order valence-electron chi connectivity index (χ2n) is 8.07. The maximum atomic E-state index is 13.0. The third-order valence-electron chi connectivity index (χ3n) is 5.70. The van der Waals surface area contributed by atoms with E-state index in [2.05, 4.69) is 10.3 Å². The fourth-order valence-electron chi connectivity index (χ4n) is 3.95. The second kappa shape index (κ2) is 10.5. The van der Waals surface area contributed by atoms with Crippen LogP contribution in [0.25, 0.3) is 12.2 Å². The number of amides is 2. The van der Waals surface area contributed by atoms with Crippen LogP contribution in [0.5, 0.6) is 0 Å². The number of nitrogens with zero attached hydrogens (tertiary/aromatic N) is 2. The Bertz CT molecular complexity index is 1070. The van der Waals surface area contributed by atoms with Gasteiger partial charge in [0.15, 0.2) is 0 Å². The summed E-state index contributed by atoms with van der Waals surface area (Å²) in [7, 11) is 0. The third kappa shape index (κ3) is 5.91. The van der Waals surface area contributed by atoms with Gasteiger partial charge >= 0.3 is 0 Å². The van der Waals surface area contributed by atoms with Crippen molar-refractivity contribution in [3.8, 4) is 0 Å². The molecular weight excluding hydrogens is 398 g/mol. The van der Waals surface area contributed by atoms with E-state index >= 15 is 0 Å². The van der Waals surface area contributed by atoms with Gasteiger partial charge in [-0.05, 0) is 66.8 Å². The monoisotopic (exact) mass is 425 g/mol. The molecule has 2 heterocycles. The first kappa shape index (κ1) is 21.5. The van der Waals surface area contributed by atoms with E-state index in [0.29, 0.717) is 31.0 Å². The minimum atomic E-state index is 0.0355. The van der Waals surface area contributed by atoms with Gasteiger partial charge in [-0.2, -0.15) is 0 Å². The molecule has 5 heteroatoms. The van der Waals surface area contributed by atoms with Gasteiger partial charge in [-0.15, -0.1) is 0 Å². The summed E-state index contributed by atoms with van der Waals surface area (Å²) in [6.07, 6.45) is 7.84. The second-order valence-corrected chi connectivity index (χ2v) is 8.07.